The average Bonchev–Trinajstić information content (AvgIpc) is 3.09. The molecule has 6 nitrogen and oxygen atoms in total. The molecule has 0 saturated carbocycles. The Labute approximate surface area is 160 Å². The third-order valence-electron chi connectivity index (χ3n) is 4.40. The zero-order valence-electron chi connectivity index (χ0n) is 15.1. The van der Waals surface area contributed by atoms with Gasteiger partial charge in [0.05, 0.1) is 22.3 Å². The molecule has 0 atom stereocenters. The zero-order valence-corrected chi connectivity index (χ0v) is 15.1. The lowest BCUT2D eigenvalue weighted by Gasteiger charge is -2.09. The molecule has 3 heterocycles. The van der Waals surface area contributed by atoms with Crippen LogP contribution >= 0.6 is 0 Å². The maximum atomic E-state index is 14.2. The lowest BCUT2D eigenvalue weighted by molar-refractivity contribution is 0.0955. The van der Waals surface area contributed by atoms with E-state index in [2.05, 4.69) is 20.4 Å². The third kappa shape index (κ3) is 3.46. The molecule has 7 heteroatoms. The molecule has 0 fully saturated rings. The summed E-state index contributed by atoms with van der Waals surface area (Å²) in [7, 11) is 0. The largest absolute Gasteiger partial charge is 0.352 e. The van der Waals surface area contributed by atoms with Crippen LogP contribution in [0, 0.1) is 12.7 Å². The van der Waals surface area contributed by atoms with Gasteiger partial charge in [-0.25, -0.2) is 9.37 Å². The van der Waals surface area contributed by atoms with E-state index in [0.29, 0.717) is 40.9 Å². The molecule has 0 radical (unpaired) electrons. The zero-order chi connectivity index (χ0) is 19.5. The molecular formula is C21H17FN4O2. The summed E-state index contributed by atoms with van der Waals surface area (Å²) in [5.74, 6) is -0.723. The normalized spacial score (nSPS) is 10.9. The van der Waals surface area contributed by atoms with E-state index in [1.165, 1.54) is 6.07 Å². The lowest BCUT2D eigenvalue weighted by atomic mass is 10.0. The highest BCUT2D eigenvalue weighted by Gasteiger charge is 2.20. The summed E-state index contributed by atoms with van der Waals surface area (Å²) in [5, 5.41) is 7.31. The van der Waals surface area contributed by atoms with Crippen molar-refractivity contribution in [2.24, 2.45) is 0 Å². The molecule has 0 spiro atoms. The molecule has 4 rings (SSSR count). The van der Waals surface area contributed by atoms with Crippen molar-refractivity contribution in [2.75, 3.05) is 6.54 Å². The van der Waals surface area contributed by atoms with Gasteiger partial charge in [-0.2, -0.15) is 0 Å². The van der Waals surface area contributed by atoms with Gasteiger partial charge in [-0.15, -0.1) is 0 Å². The Morgan fingerprint density at radius 3 is 2.79 bits per heavy atom. The van der Waals surface area contributed by atoms with Crippen molar-refractivity contribution in [3.63, 3.8) is 0 Å². The minimum absolute atomic E-state index is 0.202. The van der Waals surface area contributed by atoms with Crippen LogP contribution in [0.4, 0.5) is 4.39 Å². The number of nitrogens with one attached hydrogen (secondary N) is 1. The molecule has 0 aliphatic rings. The molecule has 1 N–H and O–H groups in total. The van der Waals surface area contributed by atoms with Gasteiger partial charge < -0.3 is 9.84 Å². The van der Waals surface area contributed by atoms with Crippen molar-refractivity contribution in [3.8, 4) is 11.3 Å². The van der Waals surface area contributed by atoms with E-state index in [0.717, 1.165) is 5.69 Å². The second kappa shape index (κ2) is 7.56. The summed E-state index contributed by atoms with van der Waals surface area (Å²) in [4.78, 5) is 21.4. The average molecular weight is 376 g/mol. The first-order valence-electron chi connectivity index (χ1n) is 8.83. The predicted molar refractivity (Wildman–Crippen MR) is 102 cm³/mol. The van der Waals surface area contributed by atoms with Crippen molar-refractivity contribution in [2.45, 2.75) is 13.3 Å². The molecule has 3 aromatic heterocycles. The van der Waals surface area contributed by atoms with Crippen LogP contribution in [0.5, 0.6) is 0 Å². The van der Waals surface area contributed by atoms with Crippen LogP contribution in [0.15, 0.2) is 59.3 Å². The summed E-state index contributed by atoms with van der Waals surface area (Å²) in [6, 6.07) is 13.5. The smallest absolute Gasteiger partial charge is 0.259 e. The van der Waals surface area contributed by atoms with Gasteiger partial charge in [-0.3, -0.25) is 9.78 Å². The number of aryl methyl sites for hydroxylation is 1. The molecule has 28 heavy (non-hydrogen) atoms. The molecule has 140 valence electrons. The van der Waals surface area contributed by atoms with Gasteiger partial charge in [0.1, 0.15) is 5.82 Å². The van der Waals surface area contributed by atoms with E-state index in [4.69, 9.17) is 4.52 Å². The van der Waals surface area contributed by atoms with Gasteiger partial charge in [0.25, 0.3) is 11.6 Å². The van der Waals surface area contributed by atoms with Gasteiger partial charge in [0.15, 0.2) is 0 Å². The molecule has 0 bridgehead atoms. The fraction of sp³-hybridized carbons (Fsp3) is 0.143. The van der Waals surface area contributed by atoms with Crippen LogP contribution in [0.25, 0.3) is 22.4 Å². The summed E-state index contributed by atoms with van der Waals surface area (Å²) in [6.07, 6.45) is 2.31. The van der Waals surface area contributed by atoms with Crippen molar-refractivity contribution in [3.05, 3.63) is 77.5 Å². The van der Waals surface area contributed by atoms with Crippen LogP contribution < -0.4 is 5.32 Å². The van der Waals surface area contributed by atoms with Crippen LogP contribution in [0.2, 0.25) is 0 Å². The Morgan fingerprint density at radius 2 is 2.00 bits per heavy atom. The van der Waals surface area contributed by atoms with Crippen LogP contribution in [-0.4, -0.2) is 27.6 Å². The topological polar surface area (TPSA) is 80.9 Å². The molecule has 4 aromatic rings. The van der Waals surface area contributed by atoms with Crippen molar-refractivity contribution >= 4 is 17.0 Å². The van der Waals surface area contributed by atoms with Gasteiger partial charge in [-0.05, 0) is 37.3 Å². The number of carbonyl (C=O) groups is 1. The second-order valence-corrected chi connectivity index (χ2v) is 6.31. The Bertz CT molecular complexity index is 1140. The Morgan fingerprint density at radius 1 is 1.18 bits per heavy atom. The van der Waals surface area contributed by atoms with Gasteiger partial charge >= 0.3 is 0 Å². The fourth-order valence-electron chi connectivity index (χ4n) is 3.03. The first-order chi connectivity index (χ1) is 13.6. The highest BCUT2D eigenvalue weighted by atomic mass is 19.1. The Balaban J connectivity index is 1.66. The van der Waals surface area contributed by atoms with Crippen molar-refractivity contribution in [1.82, 2.24) is 20.4 Å². The third-order valence-corrected chi connectivity index (χ3v) is 4.40. The minimum atomic E-state index is -0.424. The number of carbonyl (C=O) groups excluding carboxylic acids is 1. The monoisotopic (exact) mass is 376 g/mol. The van der Waals surface area contributed by atoms with Crippen molar-refractivity contribution in [1.29, 1.82) is 0 Å². The quantitative estimate of drug-likeness (QED) is 0.574. The Kier molecular flexibility index (Phi) is 4.80. The van der Waals surface area contributed by atoms with E-state index in [-0.39, 0.29) is 11.6 Å². The first-order valence-corrected chi connectivity index (χ1v) is 8.83. The number of aromatic nitrogens is 3. The highest BCUT2D eigenvalue weighted by molar-refractivity contribution is 6.07. The summed E-state index contributed by atoms with van der Waals surface area (Å²) in [6.45, 7) is 2.15. The van der Waals surface area contributed by atoms with Crippen LogP contribution in [-0.2, 0) is 6.42 Å². The van der Waals surface area contributed by atoms with E-state index in [1.807, 2.05) is 18.2 Å². The highest BCUT2D eigenvalue weighted by Crippen LogP contribution is 2.28. The molecular weight excluding hydrogens is 359 g/mol. The van der Waals surface area contributed by atoms with E-state index in [1.54, 1.807) is 37.4 Å². The fourth-order valence-corrected chi connectivity index (χ4v) is 3.03. The standard InChI is InChI=1S/C21H17FN4O2/c1-13-19-16(20(27)24-11-9-14-6-4-5-10-23-14)12-18(25-21(19)28-26-13)15-7-2-3-8-17(15)22/h2-8,10,12H,9,11H2,1H3,(H,24,27). The number of rotatable bonds is 5. The SMILES string of the molecule is Cc1noc2nc(-c3ccccc3F)cc(C(=O)NCCc3ccccn3)c12. The predicted octanol–water partition coefficient (Wildman–Crippen LogP) is 3.70. The van der Waals surface area contributed by atoms with E-state index >= 15 is 0 Å². The number of hydrogen-bond acceptors (Lipinski definition) is 5. The number of nitrogens with zero attached hydrogens (tertiary/aromatic N) is 3. The summed E-state index contributed by atoms with van der Waals surface area (Å²) < 4.78 is 19.5. The summed E-state index contributed by atoms with van der Waals surface area (Å²) in [5.41, 5.74) is 2.60. The summed E-state index contributed by atoms with van der Waals surface area (Å²) >= 11 is 0. The molecule has 0 aliphatic heterocycles. The Hall–Kier alpha value is -3.61. The molecule has 0 aliphatic carbocycles. The molecule has 1 amide bonds. The lowest BCUT2D eigenvalue weighted by Crippen LogP contribution is -2.26. The second-order valence-electron chi connectivity index (χ2n) is 6.31. The number of pyridine rings is 2. The number of benzene rings is 1. The van der Waals surface area contributed by atoms with Gasteiger partial charge in [0, 0.05) is 30.4 Å². The van der Waals surface area contributed by atoms with E-state index < -0.39 is 5.82 Å². The van der Waals surface area contributed by atoms with Crippen molar-refractivity contribution < 1.29 is 13.7 Å². The minimum Gasteiger partial charge on any atom is -0.352 e. The van der Waals surface area contributed by atoms with Gasteiger partial charge in [-0.1, -0.05) is 23.4 Å². The molecule has 0 saturated heterocycles. The van der Waals surface area contributed by atoms with Crippen LogP contribution in [0.3, 0.4) is 0 Å². The molecule has 1 aromatic carbocycles. The van der Waals surface area contributed by atoms with Gasteiger partial charge in [0.2, 0.25) is 0 Å². The number of fused-ring (bicyclic) bond motifs is 1. The first kappa shape index (κ1) is 17.8. The molecule has 0 unspecified atom stereocenters. The van der Waals surface area contributed by atoms with E-state index in [9.17, 15) is 9.18 Å². The number of amides is 1. The number of hydrogen-bond donors (Lipinski definition) is 1. The maximum Gasteiger partial charge on any atom is 0.259 e. The van der Waals surface area contributed by atoms with Crippen LogP contribution in [0.1, 0.15) is 21.7 Å². The maximum absolute atomic E-state index is 14.2. The number of halogens is 1.